The second kappa shape index (κ2) is 5.73. The molecule has 5 N–H and O–H groups in total. The van der Waals surface area contributed by atoms with E-state index in [0.29, 0.717) is 6.54 Å². The van der Waals surface area contributed by atoms with Crippen molar-refractivity contribution in [1.82, 2.24) is 0 Å². The highest BCUT2D eigenvalue weighted by Gasteiger charge is 2.23. The number of hydrogen-bond donors (Lipinski definition) is 3. The summed E-state index contributed by atoms with van der Waals surface area (Å²) in [5.41, 5.74) is 13.5. The first-order chi connectivity index (χ1) is 8.61. The molecule has 0 aliphatic carbocycles. The Bertz CT molecular complexity index is 450. The highest BCUT2D eigenvalue weighted by atomic mass is 32.2. The number of thioether (sulfide) groups is 1. The molecule has 5 heteroatoms. The van der Waals surface area contributed by atoms with Gasteiger partial charge in [0.05, 0.1) is 10.9 Å². The van der Waals surface area contributed by atoms with Crippen molar-refractivity contribution >= 4 is 23.4 Å². The molecule has 0 aromatic heterocycles. The molecule has 1 aromatic carbocycles. The molecule has 18 heavy (non-hydrogen) atoms. The molecule has 0 saturated heterocycles. The Morgan fingerprint density at radius 2 is 2.28 bits per heavy atom. The zero-order chi connectivity index (χ0) is 13.1. The maximum absolute atomic E-state index is 11.6. The van der Waals surface area contributed by atoms with Crippen LogP contribution in [0.2, 0.25) is 0 Å². The molecule has 0 saturated carbocycles. The van der Waals surface area contributed by atoms with Gasteiger partial charge in [0.15, 0.2) is 0 Å². The molecule has 1 aromatic rings. The number of hydrogen-bond acceptors (Lipinski definition) is 4. The lowest BCUT2D eigenvalue weighted by atomic mass is 10.0. The van der Waals surface area contributed by atoms with Crippen molar-refractivity contribution in [1.29, 1.82) is 0 Å². The topological polar surface area (TPSA) is 81.1 Å². The van der Waals surface area contributed by atoms with E-state index in [1.54, 1.807) is 11.8 Å². The van der Waals surface area contributed by atoms with Crippen LogP contribution in [-0.4, -0.2) is 17.7 Å². The molecule has 1 aliphatic heterocycles. The minimum Gasteiger partial charge on any atom is -0.330 e. The lowest BCUT2D eigenvalue weighted by molar-refractivity contribution is -0.115. The van der Waals surface area contributed by atoms with Gasteiger partial charge < -0.3 is 16.8 Å². The Morgan fingerprint density at radius 1 is 1.50 bits per heavy atom. The maximum atomic E-state index is 11.6. The summed E-state index contributed by atoms with van der Waals surface area (Å²) in [6.07, 6.45) is 1.78. The predicted octanol–water partition coefficient (Wildman–Crippen LogP) is 1.86. The Kier molecular flexibility index (Phi) is 4.27. The first kappa shape index (κ1) is 13.4. The minimum absolute atomic E-state index is 0.0138. The quantitative estimate of drug-likeness (QED) is 0.776. The number of carbonyl (C=O) groups is 1. The standard InChI is InChI=1S/C13H19N3OS/c1-8-13(17)16-11-7-9(4-5-12(11)18-8)10(15)3-2-6-14/h4-5,7-8,10H,2-3,6,14-15H2,1H3,(H,16,17). The van der Waals surface area contributed by atoms with Crippen molar-refractivity contribution in [3.8, 4) is 0 Å². The molecule has 2 unspecified atom stereocenters. The van der Waals surface area contributed by atoms with Crippen LogP contribution in [0.1, 0.15) is 31.4 Å². The summed E-state index contributed by atoms with van der Waals surface area (Å²) < 4.78 is 0. The second-order valence-corrected chi connectivity index (χ2v) is 5.92. The first-order valence-electron chi connectivity index (χ1n) is 6.19. The fourth-order valence-electron chi connectivity index (χ4n) is 1.96. The molecule has 98 valence electrons. The third-order valence-corrected chi connectivity index (χ3v) is 4.26. The third kappa shape index (κ3) is 2.85. The molecule has 0 bridgehead atoms. The van der Waals surface area contributed by atoms with E-state index in [2.05, 4.69) is 5.32 Å². The van der Waals surface area contributed by atoms with Crippen LogP contribution in [0.3, 0.4) is 0 Å². The van der Waals surface area contributed by atoms with Crippen molar-refractivity contribution in [2.45, 2.75) is 36.0 Å². The monoisotopic (exact) mass is 265 g/mol. The van der Waals surface area contributed by atoms with Crippen LogP contribution in [0.5, 0.6) is 0 Å². The van der Waals surface area contributed by atoms with Crippen LogP contribution < -0.4 is 16.8 Å². The van der Waals surface area contributed by atoms with Crippen molar-refractivity contribution in [3.63, 3.8) is 0 Å². The van der Waals surface area contributed by atoms with Gasteiger partial charge in [-0.05, 0) is 44.0 Å². The van der Waals surface area contributed by atoms with E-state index in [4.69, 9.17) is 11.5 Å². The average molecular weight is 265 g/mol. The van der Waals surface area contributed by atoms with Gasteiger partial charge in [0.1, 0.15) is 0 Å². The highest BCUT2D eigenvalue weighted by molar-refractivity contribution is 8.00. The summed E-state index contributed by atoms with van der Waals surface area (Å²) >= 11 is 1.59. The molecule has 0 spiro atoms. The van der Waals surface area contributed by atoms with Crippen LogP contribution in [0.25, 0.3) is 0 Å². The van der Waals surface area contributed by atoms with Crippen LogP contribution >= 0.6 is 11.8 Å². The zero-order valence-corrected chi connectivity index (χ0v) is 11.3. The van der Waals surface area contributed by atoms with Gasteiger partial charge in [-0.25, -0.2) is 0 Å². The van der Waals surface area contributed by atoms with Gasteiger partial charge in [-0.2, -0.15) is 0 Å². The van der Waals surface area contributed by atoms with Gasteiger partial charge in [0.25, 0.3) is 0 Å². The van der Waals surface area contributed by atoms with Crippen molar-refractivity contribution in [2.75, 3.05) is 11.9 Å². The Balaban J connectivity index is 2.17. The maximum Gasteiger partial charge on any atom is 0.237 e. The lowest BCUT2D eigenvalue weighted by Crippen LogP contribution is -2.26. The van der Waals surface area contributed by atoms with E-state index < -0.39 is 0 Å². The number of anilines is 1. The Hall–Kier alpha value is -1.04. The summed E-state index contributed by atoms with van der Waals surface area (Å²) in [7, 11) is 0. The largest absolute Gasteiger partial charge is 0.330 e. The molecule has 2 atom stereocenters. The third-order valence-electron chi connectivity index (χ3n) is 3.08. The van der Waals surface area contributed by atoms with E-state index in [1.165, 1.54) is 0 Å². The van der Waals surface area contributed by atoms with Gasteiger partial charge in [0, 0.05) is 10.9 Å². The van der Waals surface area contributed by atoms with Crippen molar-refractivity contribution < 1.29 is 4.79 Å². The Morgan fingerprint density at radius 3 is 3.00 bits per heavy atom. The number of fused-ring (bicyclic) bond motifs is 1. The number of nitrogens with two attached hydrogens (primary N) is 2. The smallest absolute Gasteiger partial charge is 0.237 e. The molecule has 1 heterocycles. The highest BCUT2D eigenvalue weighted by Crippen LogP contribution is 2.36. The number of carbonyl (C=O) groups excluding carboxylic acids is 1. The summed E-state index contributed by atoms with van der Waals surface area (Å²) in [4.78, 5) is 12.7. The number of rotatable bonds is 4. The molecule has 0 radical (unpaired) electrons. The summed E-state index contributed by atoms with van der Waals surface area (Å²) in [5, 5.41) is 2.89. The van der Waals surface area contributed by atoms with Gasteiger partial charge in [-0.1, -0.05) is 6.07 Å². The average Bonchev–Trinajstić information content (AvgIpc) is 2.36. The number of benzene rings is 1. The van der Waals surface area contributed by atoms with Crippen LogP contribution in [-0.2, 0) is 4.79 Å². The van der Waals surface area contributed by atoms with Crippen molar-refractivity contribution in [3.05, 3.63) is 23.8 Å². The van der Waals surface area contributed by atoms with E-state index in [0.717, 1.165) is 29.0 Å². The number of amides is 1. The molecule has 4 nitrogen and oxygen atoms in total. The van der Waals surface area contributed by atoms with Crippen molar-refractivity contribution in [2.24, 2.45) is 11.5 Å². The van der Waals surface area contributed by atoms with Gasteiger partial charge in [-0.3, -0.25) is 4.79 Å². The van der Waals surface area contributed by atoms with Gasteiger partial charge >= 0.3 is 0 Å². The predicted molar refractivity (Wildman–Crippen MR) is 75.6 cm³/mol. The van der Waals surface area contributed by atoms with E-state index in [-0.39, 0.29) is 17.2 Å². The Labute approximate surface area is 111 Å². The molecule has 0 fully saturated rings. The van der Waals surface area contributed by atoms with E-state index in [9.17, 15) is 4.79 Å². The summed E-state index contributed by atoms with van der Waals surface area (Å²) in [6.45, 7) is 2.56. The van der Waals surface area contributed by atoms with Crippen LogP contribution in [0.15, 0.2) is 23.1 Å². The van der Waals surface area contributed by atoms with Gasteiger partial charge in [-0.15, -0.1) is 11.8 Å². The lowest BCUT2D eigenvalue weighted by Gasteiger charge is -2.23. The van der Waals surface area contributed by atoms with E-state index >= 15 is 0 Å². The molecule has 2 rings (SSSR count). The molecular formula is C13H19N3OS. The molecule has 1 amide bonds. The van der Waals surface area contributed by atoms with Crippen LogP contribution in [0.4, 0.5) is 5.69 Å². The second-order valence-electron chi connectivity index (χ2n) is 4.54. The molecule has 1 aliphatic rings. The minimum atomic E-state index is -0.0331. The SMILES string of the molecule is CC1Sc2ccc(C(N)CCCN)cc2NC1=O. The van der Waals surface area contributed by atoms with Gasteiger partial charge in [0.2, 0.25) is 5.91 Å². The zero-order valence-electron chi connectivity index (χ0n) is 10.5. The fourth-order valence-corrected chi connectivity index (χ4v) is 2.89. The number of nitrogens with one attached hydrogen (secondary N) is 1. The van der Waals surface area contributed by atoms with E-state index in [1.807, 2.05) is 25.1 Å². The normalized spacial score (nSPS) is 20.2. The first-order valence-corrected chi connectivity index (χ1v) is 7.07. The fraction of sp³-hybridized carbons (Fsp3) is 0.462. The summed E-state index contributed by atoms with van der Waals surface area (Å²) in [6, 6.07) is 6.04. The molecular weight excluding hydrogens is 246 g/mol. The van der Waals surface area contributed by atoms with Crippen LogP contribution in [0, 0.1) is 0 Å². The summed E-state index contributed by atoms with van der Waals surface area (Å²) in [5.74, 6) is 0.0557.